The minimum Gasteiger partial charge on any atom is -0.479 e. The van der Waals surface area contributed by atoms with E-state index in [1.165, 1.54) is 11.3 Å². The van der Waals surface area contributed by atoms with E-state index in [1.54, 1.807) is 41.8 Å². The number of nitrogens with one attached hydrogen (secondary N) is 1. The van der Waals surface area contributed by atoms with Gasteiger partial charge in [0.05, 0.1) is 0 Å². The fourth-order valence-electron chi connectivity index (χ4n) is 1.59. The van der Waals surface area contributed by atoms with Gasteiger partial charge in [-0.25, -0.2) is 4.79 Å². The topological polar surface area (TPSA) is 66.4 Å². The van der Waals surface area contributed by atoms with Crippen LogP contribution in [-0.2, 0) is 4.79 Å². The maximum Gasteiger partial charge on any atom is 0.330 e. The minimum absolute atomic E-state index is 0.405. The first-order valence-corrected chi connectivity index (χ1v) is 7.08. The first kappa shape index (κ1) is 13.8. The molecule has 0 saturated carbocycles. The van der Waals surface area contributed by atoms with Crippen LogP contribution in [0.25, 0.3) is 0 Å². The summed E-state index contributed by atoms with van der Waals surface area (Å²) < 4.78 is 0.659. The molecule has 1 atom stereocenters. The number of carboxylic acid groups (broad SMARTS) is 1. The highest BCUT2D eigenvalue weighted by Gasteiger charge is 2.23. The van der Waals surface area contributed by atoms with Crippen LogP contribution in [0.2, 0.25) is 0 Å². The average Bonchev–Trinajstić information content (AvgIpc) is 2.82. The Morgan fingerprint density at radius 3 is 2.42 bits per heavy atom. The number of carbonyl (C=O) groups is 2. The van der Waals surface area contributed by atoms with Crippen LogP contribution in [0.3, 0.4) is 0 Å². The van der Waals surface area contributed by atoms with Crippen molar-refractivity contribution < 1.29 is 14.7 Å². The molecule has 2 N–H and O–H groups in total. The molecule has 1 amide bonds. The zero-order chi connectivity index (χ0) is 13.8. The second-order valence-electron chi connectivity index (χ2n) is 3.75. The molecule has 0 fully saturated rings. The van der Waals surface area contributed by atoms with Gasteiger partial charge in [-0.05, 0) is 32.9 Å². The van der Waals surface area contributed by atoms with Crippen molar-refractivity contribution in [3.8, 4) is 0 Å². The summed E-state index contributed by atoms with van der Waals surface area (Å²) in [6, 6.07) is 9.29. The van der Waals surface area contributed by atoms with Crippen LogP contribution in [-0.4, -0.2) is 17.0 Å². The van der Waals surface area contributed by atoms with Crippen molar-refractivity contribution in [3.05, 3.63) is 56.7 Å². The van der Waals surface area contributed by atoms with Gasteiger partial charge in [-0.15, -0.1) is 11.3 Å². The quantitative estimate of drug-likeness (QED) is 0.899. The van der Waals surface area contributed by atoms with E-state index in [1.807, 2.05) is 0 Å². The molecule has 2 aromatic rings. The Bertz CT molecular complexity index is 597. The highest BCUT2D eigenvalue weighted by molar-refractivity contribution is 9.10. The van der Waals surface area contributed by atoms with Gasteiger partial charge >= 0.3 is 5.97 Å². The second kappa shape index (κ2) is 5.99. The Kier molecular flexibility index (Phi) is 4.34. The fraction of sp³-hybridized carbons (Fsp3) is 0.0769. The van der Waals surface area contributed by atoms with Crippen LogP contribution in [0.1, 0.15) is 21.3 Å². The van der Waals surface area contributed by atoms with Gasteiger partial charge < -0.3 is 10.4 Å². The molecule has 0 aliphatic rings. The van der Waals surface area contributed by atoms with Gasteiger partial charge in [0.1, 0.15) is 4.88 Å². The van der Waals surface area contributed by atoms with Gasteiger partial charge in [0.25, 0.3) is 5.91 Å². The molecule has 0 saturated heterocycles. The number of hydrogen-bond donors (Lipinski definition) is 2. The summed E-state index contributed by atoms with van der Waals surface area (Å²) >= 11 is 4.51. The summed E-state index contributed by atoms with van der Waals surface area (Å²) in [6.07, 6.45) is 0. The lowest BCUT2D eigenvalue weighted by Gasteiger charge is -2.14. The maximum atomic E-state index is 12.0. The third-order valence-corrected chi connectivity index (χ3v) is 4.32. The molecular weight excluding hydrogens is 330 g/mol. The smallest absolute Gasteiger partial charge is 0.330 e. The number of amides is 1. The van der Waals surface area contributed by atoms with Crippen molar-refractivity contribution in [2.24, 2.45) is 0 Å². The third-order valence-electron chi connectivity index (χ3n) is 2.48. The summed E-state index contributed by atoms with van der Waals surface area (Å²) in [5.74, 6) is -1.50. The number of hydrogen-bond acceptors (Lipinski definition) is 3. The Morgan fingerprint density at radius 2 is 1.89 bits per heavy atom. The predicted molar refractivity (Wildman–Crippen MR) is 76.3 cm³/mol. The molecule has 2 rings (SSSR count). The SMILES string of the molecule is O=C(N[C@@H](C(=O)O)c1ccccc1)c1sccc1Br. The minimum atomic E-state index is -1.09. The molecule has 6 heteroatoms. The summed E-state index contributed by atoms with van der Waals surface area (Å²) in [4.78, 5) is 23.7. The molecule has 1 aromatic carbocycles. The predicted octanol–water partition coefficient (Wildman–Crippen LogP) is 3.07. The van der Waals surface area contributed by atoms with Gasteiger partial charge in [-0.1, -0.05) is 30.3 Å². The monoisotopic (exact) mass is 339 g/mol. The van der Waals surface area contributed by atoms with Crippen LogP contribution in [0.15, 0.2) is 46.3 Å². The Labute approximate surface area is 122 Å². The Morgan fingerprint density at radius 1 is 1.21 bits per heavy atom. The average molecular weight is 340 g/mol. The fourth-order valence-corrected chi connectivity index (χ4v) is 3.04. The molecule has 1 aromatic heterocycles. The molecule has 19 heavy (non-hydrogen) atoms. The van der Waals surface area contributed by atoms with Crippen LogP contribution < -0.4 is 5.32 Å². The molecule has 0 unspecified atom stereocenters. The van der Waals surface area contributed by atoms with E-state index in [0.29, 0.717) is 14.9 Å². The van der Waals surface area contributed by atoms with E-state index in [-0.39, 0.29) is 0 Å². The van der Waals surface area contributed by atoms with E-state index in [0.717, 1.165) is 0 Å². The van der Waals surface area contributed by atoms with Gasteiger partial charge in [-0.2, -0.15) is 0 Å². The van der Waals surface area contributed by atoms with E-state index >= 15 is 0 Å². The van der Waals surface area contributed by atoms with Crippen LogP contribution in [0.4, 0.5) is 0 Å². The van der Waals surface area contributed by atoms with Gasteiger partial charge in [-0.3, -0.25) is 4.79 Å². The zero-order valence-corrected chi connectivity index (χ0v) is 12.1. The molecule has 0 aliphatic heterocycles. The summed E-state index contributed by atoms with van der Waals surface area (Å²) in [6.45, 7) is 0. The van der Waals surface area contributed by atoms with E-state index in [9.17, 15) is 14.7 Å². The Balaban J connectivity index is 2.21. The van der Waals surface area contributed by atoms with Gasteiger partial charge in [0.15, 0.2) is 6.04 Å². The van der Waals surface area contributed by atoms with E-state index < -0.39 is 17.9 Å². The van der Waals surface area contributed by atoms with Crippen molar-refractivity contribution >= 4 is 39.1 Å². The van der Waals surface area contributed by atoms with Crippen molar-refractivity contribution in [1.29, 1.82) is 0 Å². The first-order valence-electron chi connectivity index (χ1n) is 5.41. The molecule has 0 bridgehead atoms. The number of halogens is 1. The van der Waals surface area contributed by atoms with Crippen molar-refractivity contribution in [3.63, 3.8) is 0 Å². The van der Waals surface area contributed by atoms with Crippen LogP contribution in [0, 0.1) is 0 Å². The standard InChI is InChI=1S/C13H10BrNO3S/c14-9-6-7-19-11(9)12(16)15-10(13(17)18)8-4-2-1-3-5-8/h1-7,10H,(H,15,16)(H,17,18)/t10-/m1/s1. The zero-order valence-electron chi connectivity index (χ0n) is 9.67. The second-order valence-corrected chi connectivity index (χ2v) is 5.52. The van der Waals surface area contributed by atoms with Crippen LogP contribution >= 0.6 is 27.3 Å². The largest absolute Gasteiger partial charge is 0.479 e. The van der Waals surface area contributed by atoms with E-state index in [4.69, 9.17) is 0 Å². The lowest BCUT2D eigenvalue weighted by atomic mass is 10.1. The molecule has 0 radical (unpaired) electrons. The number of aliphatic carboxylic acids is 1. The lowest BCUT2D eigenvalue weighted by Crippen LogP contribution is -2.33. The van der Waals surface area contributed by atoms with Crippen LogP contribution in [0.5, 0.6) is 0 Å². The molecular formula is C13H10BrNO3S. The highest BCUT2D eigenvalue weighted by atomic mass is 79.9. The van der Waals surface area contributed by atoms with E-state index in [2.05, 4.69) is 21.2 Å². The van der Waals surface area contributed by atoms with Crippen molar-refractivity contribution in [2.75, 3.05) is 0 Å². The number of thiophene rings is 1. The molecule has 0 aliphatic carbocycles. The van der Waals surface area contributed by atoms with Gasteiger partial charge in [0.2, 0.25) is 0 Å². The maximum absolute atomic E-state index is 12.0. The molecule has 0 spiro atoms. The number of carbonyl (C=O) groups excluding carboxylic acids is 1. The highest BCUT2D eigenvalue weighted by Crippen LogP contribution is 2.23. The lowest BCUT2D eigenvalue weighted by molar-refractivity contribution is -0.139. The summed E-state index contributed by atoms with van der Waals surface area (Å²) in [5, 5.41) is 13.5. The van der Waals surface area contributed by atoms with Gasteiger partial charge in [0, 0.05) is 4.47 Å². The molecule has 98 valence electrons. The third kappa shape index (κ3) is 3.21. The summed E-state index contributed by atoms with van der Waals surface area (Å²) in [7, 11) is 0. The Hall–Kier alpha value is -1.66. The van der Waals surface area contributed by atoms with Crippen molar-refractivity contribution in [1.82, 2.24) is 5.32 Å². The molecule has 4 nitrogen and oxygen atoms in total. The number of carboxylic acids is 1. The van der Waals surface area contributed by atoms with Crippen molar-refractivity contribution in [2.45, 2.75) is 6.04 Å². The number of rotatable bonds is 4. The first-order chi connectivity index (χ1) is 9.09. The molecule has 1 heterocycles. The summed E-state index contributed by atoms with van der Waals surface area (Å²) in [5.41, 5.74) is 0.538. The number of benzene rings is 1. The normalized spacial score (nSPS) is 11.8.